The zero-order chi connectivity index (χ0) is 38.6. The van der Waals surface area contributed by atoms with E-state index in [4.69, 9.17) is 0 Å². The Hall–Kier alpha value is -3.36. The molecule has 292 valence electrons. The van der Waals surface area contributed by atoms with E-state index in [9.17, 15) is 46.3 Å². The molecule has 4 fully saturated rings. The van der Waals surface area contributed by atoms with Crippen LogP contribution in [0.1, 0.15) is 96.8 Å². The molecule has 0 bridgehead atoms. The zero-order valence-corrected chi connectivity index (χ0v) is 31.6. The van der Waals surface area contributed by atoms with Crippen LogP contribution in [0, 0.1) is 0 Å². The van der Waals surface area contributed by atoms with Crippen molar-refractivity contribution in [2.45, 2.75) is 112 Å². The average Bonchev–Trinajstić information content (AvgIpc) is 3.42. The molecule has 1 aliphatic carbocycles. The van der Waals surface area contributed by atoms with E-state index >= 15 is 0 Å². The lowest BCUT2D eigenvalue weighted by atomic mass is 9.93. The van der Waals surface area contributed by atoms with Crippen molar-refractivity contribution in [1.29, 1.82) is 0 Å². The van der Waals surface area contributed by atoms with E-state index in [2.05, 4.69) is 17.4 Å². The molecule has 0 radical (unpaired) electrons. The van der Waals surface area contributed by atoms with Crippen molar-refractivity contribution >= 4 is 46.7 Å². The van der Waals surface area contributed by atoms with E-state index in [1.54, 1.807) is 11.9 Å². The number of thiophene rings is 1. The Bertz CT molecular complexity index is 1940. The maximum Gasteiger partial charge on any atom is 0.389 e. The van der Waals surface area contributed by atoms with Gasteiger partial charge in [0.2, 0.25) is 17.7 Å². The highest BCUT2D eigenvalue weighted by Crippen LogP contribution is 2.55. The predicted octanol–water partition coefficient (Wildman–Crippen LogP) is 6.88. The summed E-state index contributed by atoms with van der Waals surface area (Å²) in [7, 11) is -3.27. The van der Waals surface area contributed by atoms with Gasteiger partial charge in [-0.05, 0) is 106 Å². The summed E-state index contributed by atoms with van der Waals surface area (Å²) >= 11 is 1.08. The highest BCUT2D eigenvalue weighted by Gasteiger charge is 2.58. The Morgan fingerprint density at radius 2 is 1.81 bits per heavy atom. The first-order chi connectivity index (χ1) is 25.5. The van der Waals surface area contributed by atoms with Crippen molar-refractivity contribution in [3.63, 3.8) is 0 Å². The molecule has 54 heavy (non-hydrogen) atoms. The van der Waals surface area contributed by atoms with Gasteiger partial charge in [-0.1, -0.05) is 36.4 Å². The van der Waals surface area contributed by atoms with Crippen molar-refractivity contribution in [2.24, 2.45) is 0 Å². The standard InChI is InChI=1S/C38H45F4N4O6PS/c1-44(17-5-14-38(40,41)42)27-9-11-29(43-34(47)32-19-25-18-24(8-13-31(25)54-32)33(39)53(50,51)52)35(48)46-28(20-27)10-12-30(46)36(49)45-22-26(21-37(45)15-16-37)23-6-3-2-4-7-23/h2-4,6-8,13,18-19,26-30,33H,5,9-12,14-17,20-22H2,1H3,(H,43,47)(H2,50,51,52)/t26-,27+,28-,29+,30+,33-/m1/s1. The minimum atomic E-state index is -5.05. The Labute approximate surface area is 315 Å². The molecule has 10 nitrogen and oxygen atoms in total. The van der Waals surface area contributed by atoms with E-state index < -0.39 is 44.1 Å². The lowest BCUT2D eigenvalue weighted by molar-refractivity contribution is -0.148. The second-order valence-corrected chi connectivity index (χ2v) is 18.2. The van der Waals surface area contributed by atoms with E-state index in [0.717, 1.165) is 30.6 Å². The van der Waals surface area contributed by atoms with Gasteiger partial charge in [-0.15, -0.1) is 11.3 Å². The number of carbonyl (C=O) groups is 3. The van der Waals surface area contributed by atoms with Crippen molar-refractivity contribution < 1.29 is 46.3 Å². The molecule has 0 unspecified atom stereocenters. The fraction of sp³-hybridized carbons (Fsp3) is 0.553. The van der Waals surface area contributed by atoms with E-state index in [-0.39, 0.29) is 65.2 Å². The number of nitrogens with one attached hydrogen (secondary N) is 1. The Morgan fingerprint density at radius 1 is 1.07 bits per heavy atom. The maximum absolute atomic E-state index is 14.6. The van der Waals surface area contributed by atoms with Crippen molar-refractivity contribution in [3.8, 4) is 0 Å². The number of rotatable bonds is 10. The zero-order valence-electron chi connectivity index (χ0n) is 29.9. The quantitative estimate of drug-likeness (QED) is 0.151. The van der Waals surface area contributed by atoms with Crippen LogP contribution < -0.4 is 5.32 Å². The number of hydrogen-bond donors (Lipinski definition) is 3. The van der Waals surface area contributed by atoms with E-state index in [0.29, 0.717) is 42.3 Å². The molecule has 3 aromatic rings. The summed E-state index contributed by atoms with van der Waals surface area (Å²) in [6, 6.07) is 13.3. The van der Waals surface area contributed by atoms with Crippen LogP contribution in [0.15, 0.2) is 54.6 Å². The topological polar surface area (TPSA) is 130 Å². The SMILES string of the molecule is CN(CCCC(F)(F)F)[C@H]1CC[C@H](NC(=O)c2cc3cc([C@H](F)P(=O)(O)O)ccc3s2)C(=O)N2[C@H](CC[C@H]2C(=O)N2C[C@H](c3ccccc3)CC23CC3)C1. The number of likely N-dealkylation sites (tertiary alicyclic amines) is 1. The lowest BCUT2D eigenvalue weighted by Crippen LogP contribution is -2.59. The van der Waals surface area contributed by atoms with Gasteiger partial charge in [0.15, 0.2) is 0 Å². The number of hydrogen-bond acceptors (Lipinski definition) is 6. The summed E-state index contributed by atoms with van der Waals surface area (Å²) in [4.78, 5) is 67.3. The van der Waals surface area contributed by atoms with Crippen LogP contribution in [0.3, 0.4) is 0 Å². The Morgan fingerprint density at radius 3 is 2.50 bits per heavy atom. The first kappa shape index (κ1) is 38.9. The highest BCUT2D eigenvalue weighted by molar-refractivity contribution is 7.51. The fourth-order valence-electron chi connectivity index (χ4n) is 8.89. The molecule has 1 aromatic heterocycles. The molecule has 1 saturated carbocycles. The maximum atomic E-state index is 14.6. The average molecular weight is 793 g/mol. The van der Waals surface area contributed by atoms with Gasteiger partial charge >= 0.3 is 13.8 Å². The van der Waals surface area contributed by atoms with Gasteiger partial charge in [0.05, 0.1) is 4.88 Å². The lowest BCUT2D eigenvalue weighted by Gasteiger charge is -2.41. The van der Waals surface area contributed by atoms with Crippen LogP contribution in [0.25, 0.3) is 10.1 Å². The van der Waals surface area contributed by atoms with Gasteiger partial charge < -0.3 is 29.8 Å². The number of halogens is 4. The molecule has 16 heteroatoms. The molecule has 2 aromatic carbocycles. The van der Waals surface area contributed by atoms with Crippen LogP contribution in [0.4, 0.5) is 17.6 Å². The molecular weight excluding hydrogens is 747 g/mol. The molecule has 1 spiro atoms. The summed E-state index contributed by atoms with van der Waals surface area (Å²) < 4.78 is 65.6. The van der Waals surface area contributed by atoms with Gasteiger partial charge in [0.25, 0.3) is 5.91 Å². The molecular formula is C38H45F4N4O6PS. The number of benzene rings is 2. The Kier molecular flexibility index (Phi) is 10.8. The summed E-state index contributed by atoms with van der Waals surface area (Å²) in [5, 5.41) is 3.29. The summed E-state index contributed by atoms with van der Waals surface area (Å²) in [6.45, 7) is 0.759. The number of nitrogens with zero attached hydrogens (tertiary/aromatic N) is 3. The van der Waals surface area contributed by atoms with Gasteiger partial charge in [0.1, 0.15) is 12.1 Å². The van der Waals surface area contributed by atoms with E-state index in [1.165, 1.54) is 29.8 Å². The first-order valence-corrected chi connectivity index (χ1v) is 21.0. The number of carbonyl (C=O) groups excluding carboxylic acids is 3. The van der Waals surface area contributed by atoms with Crippen molar-refractivity contribution in [1.82, 2.24) is 20.0 Å². The summed E-state index contributed by atoms with van der Waals surface area (Å²) in [5.41, 5.74) is 0.719. The molecule has 3 aliphatic heterocycles. The van der Waals surface area contributed by atoms with Crippen molar-refractivity contribution in [3.05, 3.63) is 70.6 Å². The molecule has 4 aliphatic rings. The van der Waals surface area contributed by atoms with Gasteiger partial charge in [0, 0.05) is 41.2 Å². The van der Waals surface area contributed by atoms with Gasteiger partial charge in [-0.3, -0.25) is 18.9 Å². The number of fused-ring (bicyclic) bond motifs is 2. The highest BCUT2D eigenvalue weighted by atomic mass is 32.1. The molecule has 3 N–H and O–H groups in total. The van der Waals surface area contributed by atoms with Crippen LogP contribution in [0.2, 0.25) is 0 Å². The minimum Gasteiger partial charge on any atom is -0.340 e. The summed E-state index contributed by atoms with van der Waals surface area (Å²) in [5.74, 6) is -3.36. The Balaban J connectivity index is 1.13. The third-order valence-corrected chi connectivity index (χ3v) is 13.9. The first-order valence-electron chi connectivity index (χ1n) is 18.5. The van der Waals surface area contributed by atoms with Crippen LogP contribution in [-0.4, -0.2) is 98.2 Å². The third kappa shape index (κ3) is 8.11. The molecule has 6 atom stereocenters. The number of amides is 3. The molecule has 4 heterocycles. The summed E-state index contributed by atoms with van der Waals surface area (Å²) in [6.07, 6.45) is -0.443. The third-order valence-electron chi connectivity index (χ3n) is 11.9. The number of alkyl halides is 4. The molecule has 7 rings (SSSR count). The smallest absolute Gasteiger partial charge is 0.340 e. The monoisotopic (exact) mass is 792 g/mol. The van der Waals surface area contributed by atoms with Crippen LogP contribution in [0.5, 0.6) is 0 Å². The second-order valence-electron chi connectivity index (χ2n) is 15.5. The van der Waals surface area contributed by atoms with Crippen LogP contribution >= 0.6 is 18.9 Å². The molecule has 3 saturated heterocycles. The van der Waals surface area contributed by atoms with Crippen LogP contribution in [-0.2, 0) is 14.2 Å². The van der Waals surface area contributed by atoms with Gasteiger partial charge in [-0.25, -0.2) is 4.39 Å². The van der Waals surface area contributed by atoms with Gasteiger partial charge in [-0.2, -0.15) is 13.2 Å². The van der Waals surface area contributed by atoms with Crippen molar-refractivity contribution in [2.75, 3.05) is 20.1 Å². The predicted molar refractivity (Wildman–Crippen MR) is 196 cm³/mol. The largest absolute Gasteiger partial charge is 0.389 e. The van der Waals surface area contributed by atoms with E-state index in [1.807, 2.05) is 28.0 Å². The minimum absolute atomic E-state index is 0.0737. The molecule has 3 amide bonds. The second kappa shape index (κ2) is 14.9. The fourth-order valence-corrected chi connectivity index (χ4v) is 10.4. The normalized spacial score (nSPS) is 26.2.